The van der Waals surface area contributed by atoms with Crippen molar-refractivity contribution in [2.45, 2.75) is 17.2 Å². The van der Waals surface area contributed by atoms with Crippen molar-refractivity contribution in [1.29, 1.82) is 0 Å². The van der Waals surface area contributed by atoms with Gasteiger partial charge in [0, 0.05) is 16.1 Å². The van der Waals surface area contributed by atoms with Crippen LogP contribution in [0.2, 0.25) is 0 Å². The highest BCUT2D eigenvalue weighted by Crippen LogP contribution is 2.42. The molecule has 1 aliphatic heterocycles. The second-order valence-electron chi connectivity index (χ2n) is 3.50. The van der Waals surface area contributed by atoms with Crippen LogP contribution in [-0.4, -0.2) is 17.5 Å². The molecule has 0 bridgehead atoms. The first-order valence-electron chi connectivity index (χ1n) is 4.09. The average Bonchev–Trinajstić information content (AvgIpc) is 2.46. The Kier molecular flexibility index (Phi) is 1.89. The van der Waals surface area contributed by atoms with E-state index in [2.05, 4.69) is 25.1 Å². The van der Waals surface area contributed by atoms with Gasteiger partial charge in [0.1, 0.15) is 0 Å². The van der Waals surface area contributed by atoms with Gasteiger partial charge < -0.3 is 5.11 Å². The summed E-state index contributed by atoms with van der Waals surface area (Å²) in [6.45, 7) is 2.36. The summed E-state index contributed by atoms with van der Waals surface area (Å²) in [7, 11) is 0. The van der Waals surface area contributed by atoms with Crippen LogP contribution in [0.4, 0.5) is 0 Å². The lowest BCUT2D eigenvalue weighted by Crippen LogP contribution is -2.26. The molecule has 1 N–H and O–H groups in total. The van der Waals surface area contributed by atoms with E-state index in [1.165, 1.54) is 10.5 Å². The van der Waals surface area contributed by atoms with Crippen LogP contribution in [0.25, 0.3) is 0 Å². The van der Waals surface area contributed by atoms with E-state index in [9.17, 15) is 5.11 Å². The van der Waals surface area contributed by atoms with Crippen LogP contribution in [0, 0.1) is 0 Å². The first-order valence-corrected chi connectivity index (χ1v) is 5.08. The maximum Gasteiger partial charge on any atom is 0.0533 e. The lowest BCUT2D eigenvalue weighted by atomic mass is 9.86. The lowest BCUT2D eigenvalue weighted by molar-refractivity contribution is 0.222. The molecule has 0 aromatic heterocycles. The van der Waals surface area contributed by atoms with Crippen molar-refractivity contribution in [2.75, 3.05) is 12.4 Å². The Bertz CT molecular complexity index is 298. The quantitative estimate of drug-likeness (QED) is 0.713. The van der Waals surface area contributed by atoms with E-state index in [4.69, 9.17) is 0 Å². The summed E-state index contributed by atoms with van der Waals surface area (Å²) < 4.78 is 0. The van der Waals surface area contributed by atoms with E-state index in [1.54, 1.807) is 0 Å². The molecule has 0 amide bonds. The van der Waals surface area contributed by atoms with E-state index >= 15 is 0 Å². The summed E-state index contributed by atoms with van der Waals surface area (Å²) in [5, 5.41) is 9.26. The lowest BCUT2D eigenvalue weighted by Gasteiger charge is -2.20. The molecule has 1 unspecified atom stereocenters. The van der Waals surface area contributed by atoms with Crippen LogP contribution in [0.15, 0.2) is 29.2 Å². The van der Waals surface area contributed by atoms with Gasteiger partial charge in [0.15, 0.2) is 0 Å². The number of rotatable bonds is 1. The summed E-state index contributed by atoms with van der Waals surface area (Å²) in [5.41, 5.74) is 1.29. The van der Waals surface area contributed by atoms with Gasteiger partial charge in [-0.3, -0.25) is 0 Å². The van der Waals surface area contributed by atoms with Crippen molar-refractivity contribution in [3.63, 3.8) is 0 Å². The Balaban J connectivity index is 2.49. The number of aliphatic hydroxyl groups excluding tert-OH is 1. The molecule has 0 aliphatic carbocycles. The zero-order valence-corrected chi connectivity index (χ0v) is 7.90. The van der Waals surface area contributed by atoms with Crippen LogP contribution in [-0.2, 0) is 5.41 Å². The van der Waals surface area contributed by atoms with E-state index in [1.807, 2.05) is 17.8 Å². The molecule has 0 fully saturated rings. The minimum atomic E-state index is -0.0126. The van der Waals surface area contributed by atoms with E-state index < -0.39 is 0 Å². The van der Waals surface area contributed by atoms with Gasteiger partial charge >= 0.3 is 0 Å². The average molecular weight is 180 g/mol. The molecule has 12 heavy (non-hydrogen) atoms. The third-order valence-corrected chi connectivity index (χ3v) is 3.88. The predicted molar refractivity (Wildman–Crippen MR) is 51.6 cm³/mol. The standard InChI is InChI=1S/C10H12OS/c1-10(6-11)7-12-9-5-3-2-4-8(9)10/h2-5,11H,6-7H2,1H3. The predicted octanol–water partition coefficient (Wildman–Crippen LogP) is 2.04. The van der Waals surface area contributed by atoms with Crippen molar-refractivity contribution in [1.82, 2.24) is 0 Å². The molecule has 2 heteroatoms. The fourth-order valence-electron chi connectivity index (χ4n) is 1.54. The van der Waals surface area contributed by atoms with Crippen molar-refractivity contribution in [2.24, 2.45) is 0 Å². The number of hydrogen-bond donors (Lipinski definition) is 1. The summed E-state index contributed by atoms with van der Waals surface area (Å²) in [4.78, 5) is 1.33. The smallest absolute Gasteiger partial charge is 0.0533 e. The Hall–Kier alpha value is -0.470. The van der Waals surface area contributed by atoms with Gasteiger partial charge in [0.05, 0.1) is 6.61 Å². The Morgan fingerprint density at radius 2 is 2.25 bits per heavy atom. The fraction of sp³-hybridized carbons (Fsp3) is 0.400. The van der Waals surface area contributed by atoms with Gasteiger partial charge in [0.25, 0.3) is 0 Å². The molecule has 1 nitrogen and oxygen atoms in total. The summed E-state index contributed by atoms with van der Waals surface area (Å²) in [6.07, 6.45) is 0. The minimum absolute atomic E-state index is 0.0126. The van der Waals surface area contributed by atoms with Crippen LogP contribution in [0.5, 0.6) is 0 Å². The third-order valence-electron chi connectivity index (χ3n) is 2.43. The van der Waals surface area contributed by atoms with Crippen molar-refractivity contribution in [3.8, 4) is 0 Å². The molecule has 1 aliphatic rings. The van der Waals surface area contributed by atoms with E-state index in [-0.39, 0.29) is 12.0 Å². The Labute approximate surface area is 76.8 Å². The van der Waals surface area contributed by atoms with Gasteiger partial charge in [-0.25, -0.2) is 0 Å². The molecule has 0 saturated carbocycles. The van der Waals surface area contributed by atoms with Gasteiger partial charge in [-0.1, -0.05) is 25.1 Å². The number of benzene rings is 1. The van der Waals surface area contributed by atoms with Crippen molar-refractivity contribution in [3.05, 3.63) is 29.8 Å². The first kappa shape index (κ1) is 8.14. The summed E-state index contributed by atoms with van der Waals surface area (Å²) >= 11 is 1.84. The van der Waals surface area contributed by atoms with Crippen molar-refractivity contribution >= 4 is 11.8 Å². The molecule has 0 radical (unpaired) electrons. The minimum Gasteiger partial charge on any atom is -0.395 e. The Morgan fingerprint density at radius 1 is 1.50 bits per heavy atom. The normalized spacial score (nSPS) is 27.2. The molecular weight excluding hydrogens is 168 g/mol. The van der Waals surface area contributed by atoms with Gasteiger partial charge in [0.2, 0.25) is 0 Å². The fourth-order valence-corrected chi connectivity index (χ4v) is 2.90. The molecule has 1 atom stereocenters. The third kappa shape index (κ3) is 1.06. The highest BCUT2D eigenvalue weighted by Gasteiger charge is 2.33. The number of hydrogen-bond acceptors (Lipinski definition) is 2. The maximum atomic E-state index is 9.26. The number of aliphatic hydroxyl groups is 1. The maximum absolute atomic E-state index is 9.26. The monoisotopic (exact) mass is 180 g/mol. The Morgan fingerprint density at radius 3 is 3.00 bits per heavy atom. The van der Waals surface area contributed by atoms with E-state index in [0.717, 1.165) is 5.75 Å². The number of thioether (sulfide) groups is 1. The SMILES string of the molecule is CC1(CO)CSc2ccccc21. The van der Waals surface area contributed by atoms with Gasteiger partial charge in [-0.05, 0) is 11.6 Å². The second kappa shape index (κ2) is 2.79. The van der Waals surface area contributed by atoms with Crippen molar-refractivity contribution < 1.29 is 5.11 Å². The molecule has 2 rings (SSSR count). The van der Waals surface area contributed by atoms with Crippen LogP contribution < -0.4 is 0 Å². The zero-order valence-electron chi connectivity index (χ0n) is 7.08. The molecule has 1 aromatic carbocycles. The molecule has 1 aromatic rings. The van der Waals surface area contributed by atoms with Crippen LogP contribution in [0.3, 0.4) is 0 Å². The molecular formula is C10H12OS. The van der Waals surface area contributed by atoms with Crippen LogP contribution in [0.1, 0.15) is 12.5 Å². The topological polar surface area (TPSA) is 20.2 Å². The highest BCUT2D eigenvalue weighted by molar-refractivity contribution is 7.99. The van der Waals surface area contributed by atoms with E-state index in [0.29, 0.717) is 0 Å². The second-order valence-corrected chi connectivity index (χ2v) is 4.52. The highest BCUT2D eigenvalue weighted by atomic mass is 32.2. The number of fused-ring (bicyclic) bond motifs is 1. The summed E-state index contributed by atoms with van der Waals surface area (Å²) in [5.74, 6) is 1.00. The van der Waals surface area contributed by atoms with Gasteiger partial charge in [-0.15, -0.1) is 11.8 Å². The molecule has 64 valence electrons. The van der Waals surface area contributed by atoms with Gasteiger partial charge in [-0.2, -0.15) is 0 Å². The zero-order chi connectivity index (χ0) is 8.60. The summed E-state index contributed by atoms with van der Waals surface area (Å²) in [6, 6.07) is 8.33. The molecule has 1 heterocycles. The van der Waals surface area contributed by atoms with Crippen LogP contribution >= 0.6 is 11.8 Å². The first-order chi connectivity index (χ1) is 5.76. The largest absolute Gasteiger partial charge is 0.395 e. The molecule has 0 spiro atoms. The molecule has 0 saturated heterocycles.